The first-order valence-electron chi connectivity index (χ1n) is 9.77. The van der Waals surface area contributed by atoms with Crippen molar-refractivity contribution in [3.05, 3.63) is 39.6 Å². The van der Waals surface area contributed by atoms with Gasteiger partial charge in [-0.25, -0.2) is 18.8 Å². The second kappa shape index (κ2) is 9.11. The SMILES string of the molecule is Cc1nonc1-n1cc(C(=O)O)c(=O)c2cc(F)c(N3CCC(NC(=O)[C@H](C)N)C3)nc21.Cl. The zero-order chi connectivity index (χ0) is 23.2. The van der Waals surface area contributed by atoms with Crippen molar-refractivity contribution in [1.29, 1.82) is 0 Å². The molecule has 1 saturated heterocycles. The number of nitrogens with one attached hydrogen (secondary N) is 1. The van der Waals surface area contributed by atoms with Crippen molar-refractivity contribution in [2.75, 3.05) is 18.0 Å². The van der Waals surface area contributed by atoms with Gasteiger partial charge in [0.1, 0.15) is 11.3 Å². The summed E-state index contributed by atoms with van der Waals surface area (Å²) in [5.74, 6) is -2.51. The van der Waals surface area contributed by atoms with E-state index < -0.39 is 28.8 Å². The van der Waals surface area contributed by atoms with Crippen molar-refractivity contribution >= 4 is 41.1 Å². The van der Waals surface area contributed by atoms with Crippen LogP contribution in [0.1, 0.15) is 29.4 Å². The molecule has 12 nitrogen and oxygen atoms in total. The van der Waals surface area contributed by atoms with Gasteiger partial charge in [0.2, 0.25) is 17.2 Å². The molecule has 4 rings (SSSR count). The Morgan fingerprint density at radius 2 is 2.09 bits per heavy atom. The fourth-order valence-corrected chi connectivity index (χ4v) is 3.60. The molecule has 3 aromatic heterocycles. The lowest BCUT2D eigenvalue weighted by molar-refractivity contribution is -0.122. The maximum absolute atomic E-state index is 15.0. The quantitative estimate of drug-likeness (QED) is 0.462. The van der Waals surface area contributed by atoms with Crippen LogP contribution in [0.25, 0.3) is 16.9 Å². The highest BCUT2D eigenvalue weighted by Gasteiger charge is 2.29. The van der Waals surface area contributed by atoms with Gasteiger partial charge in [-0.2, -0.15) is 0 Å². The average Bonchev–Trinajstić information content (AvgIpc) is 3.37. The van der Waals surface area contributed by atoms with Crippen LogP contribution in [0.2, 0.25) is 0 Å². The first-order chi connectivity index (χ1) is 15.2. The first-order valence-corrected chi connectivity index (χ1v) is 9.77. The van der Waals surface area contributed by atoms with Crippen molar-refractivity contribution in [3.63, 3.8) is 0 Å². The van der Waals surface area contributed by atoms with E-state index in [0.29, 0.717) is 18.7 Å². The van der Waals surface area contributed by atoms with Crippen LogP contribution in [0.15, 0.2) is 21.7 Å². The number of carboxylic acids is 1. The lowest BCUT2D eigenvalue weighted by Crippen LogP contribution is -2.45. The Bertz CT molecular complexity index is 1290. The third-order valence-electron chi connectivity index (χ3n) is 5.25. The monoisotopic (exact) mass is 481 g/mol. The van der Waals surface area contributed by atoms with Gasteiger partial charge in [-0.3, -0.25) is 14.2 Å². The van der Waals surface area contributed by atoms with Crippen LogP contribution in [0.4, 0.5) is 10.2 Å². The van der Waals surface area contributed by atoms with Gasteiger partial charge in [-0.15, -0.1) is 12.4 Å². The predicted molar refractivity (Wildman–Crippen MR) is 117 cm³/mol. The number of halogens is 2. The predicted octanol–water partition coefficient (Wildman–Crippen LogP) is 0.378. The Hall–Kier alpha value is -3.58. The third-order valence-corrected chi connectivity index (χ3v) is 5.25. The van der Waals surface area contributed by atoms with E-state index >= 15 is 4.39 Å². The zero-order valence-corrected chi connectivity index (χ0v) is 18.4. The molecule has 0 saturated carbocycles. The summed E-state index contributed by atoms with van der Waals surface area (Å²) in [6, 6.07) is 0.0420. The van der Waals surface area contributed by atoms with Crippen molar-refractivity contribution in [1.82, 2.24) is 25.2 Å². The van der Waals surface area contributed by atoms with Crippen LogP contribution in [-0.2, 0) is 4.79 Å². The van der Waals surface area contributed by atoms with E-state index in [1.807, 2.05) is 0 Å². The van der Waals surface area contributed by atoms with E-state index in [-0.39, 0.29) is 53.6 Å². The number of carbonyl (C=O) groups is 2. The molecule has 0 aliphatic carbocycles. The molecule has 176 valence electrons. The van der Waals surface area contributed by atoms with E-state index in [0.717, 1.165) is 12.3 Å². The third kappa shape index (κ3) is 4.36. The molecular weight excluding hydrogens is 461 g/mol. The maximum Gasteiger partial charge on any atom is 0.341 e. The molecule has 1 fully saturated rings. The molecule has 3 aromatic rings. The molecule has 14 heteroatoms. The molecular formula is C19H21ClFN7O5. The molecule has 4 heterocycles. The number of amides is 1. The van der Waals surface area contributed by atoms with Crippen LogP contribution in [0.3, 0.4) is 0 Å². The normalized spacial score (nSPS) is 16.5. The van der Waals surface area contributed by atoms with E-state index in [9.17, 15) is 19.5 Å². The van der Waals surface area contributed by atoms with Crippen LogP contribution in [0.5, 0.6) is 0 Å². The number of hydrogen-bond acceptors (Lipinski definition) is 9. The minimum Gasteiger partial charge on any atom is -0.477 e. The van der Waals surface area contributed by atoms with Gasteiger partial charge < -0.3 is 21.1 Å². The van der Waals surface area contributed by atoms with Crippen molar-refractivity contribution in [2.24, 2.45) is 5.73 Å². The van der Waals surface area contributed by atoms with Crippen molar-refractivity contribution in [3.8, 4) is 5.82 Å². The van der Waals surface area contributed by atoms with Gasteiger partial charge in [-0.05, 0) is 31.5 Å². The number of pyridine rings is 2. The summed E-state index contributed by atoms with van der Waals surface area (Å²) >= 11 is 0. The molecule has 1 amide bonds. The molecule has 0 radical (unpaired) electrons. The summed E-state index contributed by atoms with van der Waals surface area (Å²) in [6.45, 7) is 3.84. The van der Waals surface area contributed by atoms with Crippen LogP contribution >= 0.6 is 12.4 Å². The highest BCUT2D eigenvalue weighted by Crippen LogP contribution is 2.26. The van der Waals surface area contributed by atoms with Crippen LogP contribution in [-0.4, -0.2) is 62.0 Å². The molecule has 1 aliphatic rings. The molecule has 0 spiro atoms. The number of nitrogens with zero attached hydrogens (tertiary/aromatic N) is 5. The smallest absolute Gasteiger partial charge is 0.341 e. The van der Waals surface area contributed by atoms with Gasteiger partial charge in [0, 0.05) is 25.3 Å². The van der Waals surface area contributed by atoms with E-state index in [1.54, 1.807) is 18.7 Å². The summed E-state index contributed by atoms with van der Waals surface area (Å²) in [5.41, 5.74) is 4.44. The number of hydrogen-bond donors (Lipinski definition) is 3. The lowest BCUT2D eigenvalue weighted by atomic mass is 10.2. The number of nitrogens with two attached hydrogens (primary N) is 1. The fourth-order valence-electron chi connectivity index (χ4n) is 3.60. The Morgan fingerprint density at radius 3 is 2.70 bits per heavy atom. The first kappa shape index (κ1) is 24.1. The van der Waals surface area contributed by atoms with Gasteiger partial charge in [0.25, 0.3) is 0 Å². The molecule has 33 heavy (non-hydrogen) atoms. The topological polar surface area (TPSA) is 169 Å². The second-order valence-corrected chi connectivity index (χ2v) is 7.61. The summed E-state index contributed by atoms with van der Waals surface area (Å²) in [7, 11) is 0. The van der Waals surface area contributed by atoms with Gasteiger partial charge in [0.05, 0.1) is 11.4 Å². The zero-order valence-electron chi connectivity index (χ0n) is 17.6. The lowest BCUT2D eigenvalue weighted by Gasteiger charge is -2.20. The summed E-state index contributed by atoms with van der Waals surface area (Å²) < 4.78 is 20.9. The van der Waals surface area contributed by atoms with Crippen molar-refractivity contribution in [2.45, 2.75) is 32.4 Å². The summed E-state index contributed by atoms with van der Waals surface area (Å²) in [5, 5.41) is 19.4. The number of carbonyl (C=O) groups excluding carboxylic acids is 1. The minimum atomic E-state index is -1.48. The Labute approximate surface area is 191 Å². The van der Waals surface area contributed by atoms with Crippen LogP contribution in [0, 0.1) is 12.7 Å². The molecule has 0 aromatic carbocycles. The largest absolute Gasteiger partial charge is 0.477 e. The average molecular weight is 482 g/mol. The van der Waals surface area contributed by atoms with Gasteiger partial charge in [0.15, 0.2) is 17.3 Å². The molecule has 0 bridgehead atoms. The highest BCUT2D eigenvalue weighted by molar-refractivity contribution is 5.92. The maximum atomic E-state index is 15.0. The molecule has 2 atom stereocenters. The summed E-state index contributed by atoms with van der Waals surface area (Å²) in [6.07, 6.45) is 1.61. The molecule has 1 unspecified atom stereocenters. The van der Waals surface area contributed by atoms with E-state index in [2.05, 4.69) is 20.6 Å². The van der Waals surface area contributed by atoms with Crippen LogP contribution < -0.4 is 21.4 Å². The van der Waals surface area contributed by atoms with E-state index in [1.165, 1.54) is 4.57 Å². The Kier molecular flexibility index (Phi) is 6.65. The summed E-state index contributed by atoms with van der Waals surface area (Å²) in [4.78, 5) is 42.1. The molecule has 4 N–H and O–H groups in total. The standard InChI is InChI=1S/C19H20FN7O5.ClH/c1-8(21)18(29)22-10-3-4-26(6-10)17-13(20)5-11-14(28)12(19(30)31)7-27(16(11)23-17)15-9(2)24-32-25-15;/h5,7-8,10H,3-4,6,21H2,1-2H3,(H,22,29)(H,30,31);1H/t8-,10?;/m0./s1. The van der Waals surface area contributed by atoms with E-state index in [4.69, 9.17) is 10.4 Å². The second-order valence-electron chi connectivity index (χ2n) is 7.61. The number of aromatic carboxylic acids is 1. The Balaban J connectivity index is 0.00000306. The number of aromatic nitrogens is 4. The number of fused-ring (bicyclic) bond motifs is 1. The fraction of sp³-hybridized carbons (Fsp3) is 0.368. The number of rotatable bonds is 5. The number of carboxylic acid groups (broad SMARTS) is 1. The number of aryl methyl sites for hydroxylation is 1. The van der Waals surface area contributed by atoms with Gasteiger partial charge >= 0.3 is 5.97 Å². The number of anilines is 1. The highest BCUT2D eigenvalue weighted by atomic mass is 35.5. The minimum absolute atomic E-state index is 0. The van der Waals surface area contributed by atoms with Crippen molar-refractivity contribution < 1.29 is 23.7 Å². The molecule has 1 aliphatic heterocycles. The van der Waals surface area contributed by atoms with Gasteiger partial charge in [-0.1, -0.05) is 5.16 Å². The Morgan fingerprint density at radius 1 is 1.36 bits per heavy atom.